The zero-order chi connectivity index (χ0) is 60.7. The molecule has 0 aromatic carbocycles. The van der Waals surface area contributed by atoms with Gasteiger partial charge in [0.2, 0.25) is 5.91 Å². The molecule has 0 spiro atoms. The Kier molecular flexibility index (Phi) is 61.9. The van der Waals surface area contributed by atoms with Crippen molar-refractivity contribution in [2.24, 2.45) is 0 Å². The van der Waals surface area contributed by atoms with Gasteiger partial charge < -0.3 is 28.5 Å². The molecule has 490 valence electrons. The molecule has 0 aliphatic rings. The number of phosphoric acid groups is 1. The number of rotatable bonds is 67. The molecule has 0 rings (SSSR count). The van der Waals surface area contributed by atoms with Gasteiger partial charge in [-0.05, 0) is 63.9 Å². The number of nitrogens with zero attached hydrogens (tertiary/aromatic N) is 1. The number of unbranched alkanes of at least 4 members (excludes halogenated alkanes) is 47. The number of allylic oxidation sites excluding steroid dienone is 5. The molecule has 10 heteroatoms. The molecule has 0 saturated heterocycles. The molecule has 0 fully saturated rings. The largest absolute Gasteiger partial charge is 0.756 e. The van der Waals surface area contributed by atoms with Crippen LogP contribution in [-0.2, 0) is 27.9 Å². The number of carbonyl (C=O) groups excluding carboxylic acids is 2. The minimum atomic E-state index is -4.70. The van der Waals surface area contributed by atoms with Crippen LogP contribution in [0.3, 0.4) is 0 Å². The maximum absolute atomic E-state index is 13.6. The Balaban J connectivity index is 5.06. The smallest absolute Gasteiger partial charge is 0.306 e. The molecule has 83 heavy (non-hydrogen) atoms. The summed E-state index contributed by atoms with van der Waals surface area (Å²) in [5.74, 6) is -0.522. The minimum Gasteiger partial charge on any atom is -0.756 e. The van der Waals surface area contributed by atoms with Crippen molar-refractivity contribution >= 4 is 19.7 Å². The number of quaternary nitrogens is 1. The summed E-state index contributed by atoms with van der Waals surface area (Å²) in [5, 5.41) is 3.05. The van der Waals surface area contributed by atoms with Gasteiger partial charge in [0.15, 0.2) is 0 Å². The molecule has 3 unspecified atom stereocenters. The first-order valence-corrected chi connectivity index (χ1v) is 37.8. The van der Waals surface area contributed by atoms with E-state index in [0.717, 1.165) is 64.2 Å². The summed E-state index contributed by atoms with van der Waals surface area (Å²) >= 11 is 0. The van der Waals surface area contributed by atoms with E-state index in [-0.39, 0.29) is 31.5 Å². The Morgan fingerprint density at radius 3 is 1.11 bits per heavy atom. The molecule has 0 radical (unpaired) electrons. The quantitative estimate of drug-likeness (QED) is 0.0212. The molecule has 0 saturated carbocycles. The first-order chi connectivity index (χ1) is 40.4. The Morgan fingerprint density at radius 1 is 0.422 bits per heavy atom. The van der Waals surface area contributed by atoms with Crippen molar-refractivity contribution in [3.05, 3.63) is 36.5 Å². The highest BCUT2D eigenvalue weighted by Crippen LogP contribution is 2.38. The van der Waals surface area contributed by atoms with Crippen LogP contribution in [0.1, 0.15) is 367 Å². The third kappa shape index (κ3) is 64.5. The third-order valence-corrected chi connectivity index (χ3v) is 17.5. The second-order valence-corrected chi connectivity index (χ2v) is 27.5. The van der Waals surface area contributed by atoms with Crippen LogP contribution in [-0.4, -0.2) is 69.4 Å². The fourth-order valence-electron chi connectivity index (χ4n) is 11.0. The van der Waals surface area contributed by atoms with E-state index in [1.165, 1.54) is 270 Å². The van der Waals surface area contributed by atoms with Crippen molar-refractivity contribution in [2.45, 2.75) is 380 Å². The number of ether oxygens (including phenoxy) is 1. The number of nitrogens with one attached hydrogen (secondary N) is 1. The number of esters is 1. The number of amides is 1. The predicted octanol–water partition coefficient (Wildman–Crippen LogP) is 22.4. The topological polar surface area (TPSA) is 114 Å². The predicted molar refractivity (Wildman–Crippen MR) is 358 cm³/mol. The summed E-state index contributed by atoms with van der Waals surface area (Å²) < 4.78 is 30.5. The Hall–Kier alpha value is -1.77. The molecule has 0 aliphatic carbocycles. The number of carbonyl (C=O) groups is 2. The average Bonchev–Trinajstić information content (AvgIpc) is 3.47. The first kappa shape index (κ1) is 81.2. The SMILES string of the molecule is CCCCC/C=C\C/C=C\CCCCCCCCCCCCCC(=O)OC(/C=C/CCCCCCCCCCCCC)C(COP(=O)([O-])OCC[N+](C)(C)C)NC(=O)CCCCCCCCCCCCCCCCCCCCCCCCC. The third-order valence-electron chi connectivity index (χ3n) is 16.6. The number of hydrogen-bond donors (Lipinski definition) is 1. The summed E-state index contributed by atoms with van der Waals surface area (Å²) in [5.41, 5.74) is 0. The molecular formula is C73H141N2O7P. The van der Waals surface area contributed by atoms with Gasteiger partial charge in [-0.3, -0.25) is 14.2 Å². The zero-order valence-corrected chi connectivity index (χ0v) is 57.1. The van der Waals surface area contributed by atoms with Crippen molar-refractivity contribution in [3.63, 3.8) is 0 Å². The second-order valence-electron chi connectivity index (χ2n) is 26.1. The van der Waals surface area contributed by atoms with Crippen LogP contribution in [0, 0.1) is 0 Å². The van der Waals surface area contributed by atoms with Crippen LogP contribution in [0.15, 0.2) is 36.5 Å². The van der Waals surface area contributed by atoms with E-state index in [9.17, 15) is 19.0 Å². The Bertz CT molecular complexity index is 1510. The second kappa shape index (κ2) is 63.3. The van der Waals surface area contributed by atoms with Gasteiger partial charge in [-0.15, -0.1) is 0 Å². The van der Waals surface area contributed by atoms with Crippen LogP contribution >= 0.6 is 7.82 Å². The molecule has 0 aromatic rings. The first-order valence-electron chi connectivity index (χ1n) is 36.3. The summed E-state index contributed by atoms with van der Waals surface area (Å²) in [6, 6.07) is -0.886. The van der Waals surface area contributed by atoms with Crippen LogP contribution in [0.4, 0.5) is 0 Å². The number of hydrogen-bond acceptors (Lipinski definition) is 7. The van der Waals surface area contributed by atoms with Gasteiger partial charge in [-0.25, -0.2) is 0 Å². The van der Waals surface area contributed by atoms with Gasteiger partial charge in [0.25, 0.3) is 7.82 Å². The van der Waals surface area contributed by atoms with Crippen LogP contribution in [0.25, 0.3) is 0 Å². The fraction of sp³-hybridized carbons (Fsp3) is 0.890. The minimum absolute atomic E-state index is 0.0195. The summed E-state index contributed by atoms with van der Waals surface area (Å²) in [7, 11) is 1.20. The standard InChI is InChI=1S/C73H141N2O7P/c1-7-10-13-16-19-22-25-28-30-32-34-36-37-39-40-42-44-47-50-53-56-59-62-65-72(76)74-70(69-81-83(78,79)80-68-67-75(4,5)6)71(64-61-58-55-52-49-46-27-24-21-18-15-12-9-3)82-73(77)66-63-60-57-54-51-48-45-43-41-38-35-33-31-29-26-23-20-17-14-11-8-2/h20,23,29,31,61,64,70-71H,7-19,21-22,24-28,30,32-60,62-63,65-69H2,1-6H3,(H-,74,76,78,79)/b23-20-,31-29-,64-61+. The lowest BCUT2D eigenvalue weighted by Gasteiger charge is -2.30. The lowest BCUT2D eigenvalue weighted by Crippen LogP contribution is -2.47. The number of likely N-dealkylation sites (N-methyl/N-ethyl adjacent to an activating group) is 1. The highest BCUT2D eigenvalue weighted by molar-refractivity contribution is 7.45. The van der Waals surface area contributed by atoms with E-state index in [0.29, 0.717) is 17.4 Å². The molecule has 0 bridgehead atoms. The van der Waals surface area contributed by atoms with Gasteiger partial charge in [0.1, 0.15) is 19.3 Å². The highest BCUT2D eigenvalue weighted by Gasteiger charge is 2.27. The summed E-state index contributed by atoms with van der Waals surface area (Å²) in [4.78, 5) is 40.2. The van der Waals surface area contributed by atoms with Crippen LogP contribution in [0.5, 0.6) is 0 Å². The van der Waals surface area contributed by atoms with Crippen molar-refractivity contribution in [2.75, 3.05) is 40.9 Å². The molecule has 3 atom stereocenters. The highest BCUT2D eigenvalue weighted by atomic mass is 31.2. The van der Waals surface area contributed by atoms with Gasteiger partial charge in [0, 0.05) is 12.8 Å². The van der Waals surface area contributed by atoms with E-state index in [4.69, 9.17) is 13.8 Å². The Morgan fingerprint density at radius 2 is 0.735 bits per heavy atom. The van der Waals surface area contributed by atoms with E-state index in [1.807, 2.05) is 33.3 Å². The van der Waals surface area contributed by atoms with E-state index in [1.54, 1.807) is 0 Å². The van der Waals surface area contributed by atoms with Gasteiger partial charge in [-0.1, -0.05) is 327 Å². The van der Waals surface area contributed by atoms with Crippen molar-refractivity contribution in [3.8, 4) is 0 Å². The molecular weight excluding hydrogens is 1050 g/mol. The van der Waals surface area contributed by atoms with Gasteiger partial charge >= 0.3 is 5.97 Å². The summed E-state index contributed by atoms with van der Waals surface area (Å²) in [6.07, 6.45) is 78.4. The number of phosphoric ester groups is 1. The van der Waals surface area contributed by atoms with Crippen LogP contribution in [0.2, 0.25) is 0 Å². The lowest BCUT2D eigenvalue weighted by molar-refractivity contribution is -0.870. The lowest BCUT2D eigenvalue weighted by atomic mass is 10.0. The monoisotopic (exact) mass is 1190 g/mol. The molecule has 0 aromatic heterocycles. The normalized spacial score (nSPS) is 13.7. The van der Waals surface area contributed by atoms with Crippen molar-refractivity contribution in [1.29, 1.82) is 0 Å². The van der Waals surface area contributed by atoms with Crippen molar-refractivity contribution in [1.82, 2.24) is 5.32 Å². The molecule has 1 N–H and O–H groups in total. The molecule has 9 nitrogen and oxygen atoms in total. The molecule has 0 heterocycles. The van der Waals surface area contributed by atoms with Crippen molar-refractivity contribution < 1.29 is 37.3 Å². The zero-order valence-electron chi connectivity index (χ0n) is 56.2. The maximum Gasteiger partial charge on any atom is 0.306 e. The fourth-order valence-corrected chi connectivity index (χ4v) is 11.7. The Labute approximate surface area is 516 Å². The maximum atomic E-state index is 13.6. The average molecular weight is 1190 g/mol. The van der Waals surface area contributed by atoms with E-state index < -0.39 is 20.0 Å². The summed E-state index contributed by atoms with van der Waals surface area (Å²) in [6.45, 7) is 6.89. The molecule has 1 amide bonds. The molecule has 0 aliphatic heterocycles. The van der Waals surface area contributed by atoms with Gasteiger partial charge in [-0.2, -0.15) is 0 Å². The van der Waals surface area contributed by atoms with Gasteiger partial charge in [0.05, 0.1) is 33.8 Å². The van der Waals surface area contributed by atoms with E-state index >= 15 is 0 Å². The van der Waals surface area contributed by atoms with Crippen LogP contribution < -0.4 is 10.2 Å². The van der Waals surface area contributed by atoms with E-state index in [2.05, 4.69) is 50.4 Å².